The normalized spacial score (nSPS) is 26.8. The topological polar surface area (TPSA) is 45.1 Å². The molecule has 1 aromatic carbocycles. The summed E-state index contributed by atoms with van der Waals surface area (Å²) in [6, 6.07) is 9.60. The van der Waals surface area contributed by atoms with Crippen LogP contribution in [-0.4, -0.2) is 34.4 Å². The maximum absolute atomic E-state index is 11.4. The SMILES string of the molecule is CC(/C=C/N1CCCC1)=C\C1=NOC(C)(C)C1(O)c1ccccc1. The van der Waals surface area contributed by atoms with E-state index >= 15 is 0 Å². The van der Waals surface area contributed by atoms with Gasteiger partial charge in [0.15, 0.2) is 11.2 Å². The van der Waals surface area contributed by atoms with Gasteiger partial charge in [0.25, 0.3) is 0 Å². The Balaban J connectivity index is 1.87. The van der Waals surface area contributed by atoms with Crippen molar-refractivity contribution >= 4 is 5.71 Å². The molecule has 2 aliphatic heterocycles. The van der Waals surface area contributed by atoms with Crippen LogP contribution in [-0.2, 0) is 10.4 Å². The molecule has 0 saturated carbocycles. The first-order valence-corrected chi connectivity index (χ1v) is 8.58. The van der Waals surface area contributed by atoms with Crippen molar-refractivity contribution in [1.82, 2.24) is 4.90 Å². The maximum atomic E-state index is 11.4. The van der Waals surface area contributed by atoms with Crippen molar-refractivity contribution < 1.29 is 9.94 Å². The summed E-state index contributed by atoms with van der Waals surface area (Å²) in [4.78, 5) is 7.88. The Bertz CT molecular complexity index is 670. The summed E-state index contributed by atoms with van der Waals surface area (Å²) in [7, 11) is 0. The predicted molar refractivity (Wildman–Crippen MR) is 96.6 cm³/mol. The standard InChI is InChI=1S/C20H26N2O2/c1-16(11-14-22-12-7-8-13-22)15-18-20(23,19(2,3)24-21-18)17-9-5-4-6-10-17/h4-6,9-11,14-15,23H,7-8,12-13H2,1-3H3/b14-11+,16-15+. The van der Waals surface area contributed by atoms with E-state index in [-0.39, 0.29) is 0 Å². The lowest BCUT2D eigenvalue weighted by atomic mass is 9.76. The van der Waals surface area contributed by atoms with E-state index in [1.807, 2.05) is 57.2 Å². The molecular weight excluding hydrogens is 300 g/mol. The molecule has 0 radical (unpaired) electrons. The Kier molecular flexibility index (Phi) is 4.50. The lowest BCUT2D eigenvalue weighted by Gasteiger charge is -2.34. The average molecular weight is 326 g/mol. The van der Waals surface area contributed by atoms with Crippen molar-refractivity contribution in [3.8, 4) is 0 Å². The van der Waals surface area contributed by atoms with Crippen LogP contribution in [0.4, 0.5) is 0 Å². The van der Waals surface area contributed by atoms with Crippen LogP contribution in [0.5, 0.6) is 0 Å². The van der Waals surface area contributed by atoms with Gasteiger partial charge >= 0.3 is 0 Å². The molecule has 1 atom stereocenters. The minimum Gasteiger partial charge on any atom is -0.386 e. The molecule has 4 heteroatoms. The van der Waals surface area contributed by atoms with Gasteiger partial charge in [-0.05, 0) is 63.1 Å². The molecule has 2 aliphatic rings. The summed E-state index contributed by atoms with van der Waals surface area (Å²) in [5, 5.41) is 15.6. The van der Waals surface area contributed by atoms with E-state index in [2.05, 4.69) is 22.3 Å². The molecule has 0 amide bonds. The third-order valence-electron chi connectivity index (χ3n) is 4.86. The number of oxime groups is 1. The monoisotopic (exact) mass is 326 g/mol. The number of rotatable bonds is 4. The van der Waals surface area contributed by atoms with E-state index < -0.39 is 11.2 Å². The maximum Gasteiger partial charge on any atom is 0.176 e. The number of hydrogen-bond donors (Lipinski definition) is 1. The highest BCUT2D eigenvalue weighted by Gasteiger charge is 2.55. The molecular formula is C20H26N2O2. The van der Waals surface area contributed by atoms with Gasteiger partial charge in [-0.3, -0.25) is 0 Å². The number of allylic oxidation sites excluding steroid dienone is 2. The molecule has 1 unspecified atom stereocenters. The zero-order valence-electron chi connectivity index (χ0n) is 14.7. The van der Waals surface area contributed by atoms with E-state index in [9.17, 15) is 5.11 Å². The molecule has 1 N–H and O–H groups in total. The minimum absolute atomic E-state index is 0.544. The Hall–Kier alpha value is -2.07. The van der Waals surface area contributed by atoms with Gasteiger partial charge in [0, 0.05) is 13.1 Å². The van der Waals surface area contributed by atoms with Crippen molar-refractivity contribution in [1.29, 1.82) is 0 Å². The molecule has 24 heavy (non-hydrogen) atoms. The van der Waals surface area contributed by atoms with Gasteiger partial charge in [0.05, 0.1) is 0 Å². The van der Waals surface area contributed by atoms with Crippen molar-refractivity contribution in [2.45, 2.75) is 44.8 Å². The molecule has 0 spiro atoms. The third kappa shape index (κ3) is 2.98. The molecule has 3 rings (SSSR count). The van der Waals surface area contributed by atoms with Gasteiger partial charge in [-0.25, -0.2) is 0 Å². The number of likely N-dealkylation sites (tertiary alicyclic amines) is 1. The zero-order valence-corrected chi connectivity index (χ0v) is 14.7. The summed E-state index contributed by atoms with van der Waals surface area (Å²) >= 11 is 0. The fourth-order valence-electron chi connectivity index (χ4n) is 3.29. The average Bonchev–Trinajstić information content (AvgIpc) is 3.17. The molecule has 2 heterocycles. The smallest absolute Gasteiger partial charge is 0.176 e. The number of benzene rings is 1. The van der Waals surface area contributed by atoms with E-state index in [1.165, 1.54) is 12.8 Å². The van der Waals surface area contributed by atoms with Gasteiger partial charge in [-0.2, -0.15) is 0 Å². The predicted octanol–water partition coefficient (Wildman–Crippen LogP) is 3.59. The van der Waals surface area contributed by atoms with Crippen LogP contribution >= 0.6 is 0 Å². The van der Waals surface area contributed by atoms with E-state index in [4.69, 9.17) is 4.84 Å². The Morgan fingerprint density at radius 3 is 2.54 bits per heavy atom. The highest BCUT2D eigenvalue weighted by molar-refractivity contribution is 6.04. The molecule has 128 valence electrons. The lowest BCUT2D eigenvalue weighted by Crippen LogP contribution is -2.49. The second-order valence-corrected chi connectivity index (χ2v) is 7.10. The van der Waals surface area contributed by atoms with Crippen molar-refractivity contribution in [2.75, 3.05) is 13.1 Å². The fraction of sp³-hybridized carbons (Fsp3) is 0.450. The first-order valence-electron chi connectivity index (χ1n) is 8.58. The Labute approximate surface area is 144 Å². The number of nitrogens with zero attached hydrogens (tertiary/aromatic N) is 2. The first-order chi connectivity index (χ1) is 11.4. The molecule has 1 saturated heterocycles. The van der Waals surface area contributed by atoms with Crippen LogP contribution in [0.2, 0.25) is 0 Å². The van der Waals surface area contributed by atoms with Gasteiger partial charge in [0.1, 0.15) is 5.71 Å². The molecule has 1 fully saturated rings. The van der Waals surface area contributed by atoms with Crippen molar-refractivity contribution in [3.05, 3.63) is 59.8 Å². The Morgan fingerprint density at radius 2 is 1.88 bits per heavy atom. The number of aliphatic hydroxyl groups is 1. The molecule has 1 aromatic rings. The second kappa shape index (κ2) is 6.44. The van der Waals surface area contributed by atoms with Crippen molar-refractivity contribution in [2.24, 2.45) is 5.16 Å². The van der Waals surface area contributed by atoms with Gasteiger partial charge < -0.3 is 14.8 Å². The first kappa shape index (κ1) is 16.8. The molecule has 0 aromatic heterocycles. The second-order valence-electron chi connectivity index (χ2n) is 7.10. The molecule has 0 aliphatic carbocycles. The van der Waals surface area contributed by atoms with Gasteiger partial charge in [-0.15, -0.1) is 0 Å². The van der Waals surface area contributed by atoms with Crippen LogP contribution < -0.4 is 0 Å². The molecule has 4 nitrogen and oxygen atoms in total. The van der Waals surface area contributed by atoms with Crippen LogP contribution in [0.25, 0.3) is 0 Å². The van der Waals surface area contributed by atoms with Crippen LogP contribution in [0.1, 0.15) is 39.2 Å². The highest BCUT2D eigenvalue weighted by Crippen LogP contribution is 2.42. The fourth-order valence-corrected chi connectivity index (χ4v) is 3.29. The van der Waals surface area contributed by atoms with Gasteiger partial charge in [0.2, 0.25) is 0 Å². The third-order valence-corrected chi connectivity index (χ3v) is 4.86. The largest absolute Gasteiger partial charge is 0.386 e. The summed E-state index contributed by atoms with van der Waals surface area (Å²) in [5.74, 6) is 0. The highest BCUT2D eigenvalue weighted by atomic mass is 16.7. The van der Waals surface area contributed by atoms with Crippen molar-refractivity contribution in [3.63, 3.8) is 0 Å². The molecule has 0 bridgehead atoms. The minimum atomic E-state index is -1.27. The summed E-state index contributed by atoms with van der Waals surface area (Å²) in [6.07, 6.45) is 8.63. The lowest BCUT2D eigenvalue weighted by molar-refractivity contribution is -0.106. The van der Waals surface area contributed by atoms with E-state index in [0.717, 1.165) is 24.2 Å². The van der Waals surface area contributed by atoms with Crippen LogP contribution in [0.3, 0.4) is 0 Å². The van der Waals surface area contributed by atoms with Crippen LogP contribution in [0, 0.1) is 0 Å². The Morgan fingerprint density at radius 1 is 1.21 bits per heavy atom. The van der Waals surface area contributed by atoms with Crippen LogP contribution in [0.15, 0.2) is 59.4 Å². The summed E-state index contributed by atoms with van der Waals surface area (Å²) < 4.78 is 0. The summed E-state index contributed by atoms with van der Waals surface area (Å²) in [6.45, 7) is 7.98. The number of hydrogen-bond acceptors (Lipinski definition) is 4. The van der Waals surface area contributed by atoms with E-state index in [1.54, 1.807) is 0 Å². The van der Waals surface area contributed by atoms with Gasteiger partial charge in [-0.1, -0.05) is 35.5 Å². The summed E-state index contributed by atoms with van der Waals surface area (Å²) in [5.41, 5.74) is 0.285. The van der Waals surface area contributed by atoms with E-state index in [0.29, 0.717) is 5.71 Å². The zero-order chi connectivity index (χ0) is 17.2. The quantitative estimate of drug-likeness (QED) is 0.860.